The van der Waals surface area contributed by atoms with Gasteiger partial charge in [-0.1, -0.05) is 0 Å². The molecular weight excluding hydrogens is 112 g/mol. The smallest absolute Gasteiger partial charge is 0.00388 e. The molecule has 1 aliphatic heterocycles. The van der Waals surface area contributed by atoms with Crippen LogP contribution in [0.3, 0.4) is 0 Å². The largest absolute Gasteiger partial charge is 0.330 e. The van der Waals surface area contributed by atoms with Gasteiger partial charge in [0.05, 0.1) is 0 Å². The lowest BCUT2D eigenvalue weighted by atomic mass is 9.99. The SMILES string of the molecule is CC(C)N1CC(CN)C1. The fourth-order valence-corrected chi connectivity index (χ4v) is 1.18. The van der Waals surface area contributed by atoms with Crippen molar-refractivity contribution in [2.24, 2.45) is 11.7 Å². The molecular formula is C7H16N2. The molecule has 0 atom stereocenters. The maximum absolute atomic E-state index is 5.47. The summed E-state index contributed by atoms with van der Waals surface area (Å²) < 4.78 is 0. The van der Waals surface area contributed by atoms with Crippen LogP contribution in [-0.2, 0) is 0 Å². The lowest BCUT2D eigenvalue weighted by Crippen LogP contribution is -2.52. The van der Waals surface area contributed by atoms with E-state index < -0.39 is 0 Å². The van der Waals surface area contributed by atoms with Crippen molar-refractivity contribution in [2.75, 3.05) is 19.6 Å². The molecule has 0 radical (unpaired) electrons. The van der Waals surface area contributed by atoms with Crippen molar-refractivity contribution in [1.82, 2.24) is 4.90 Å². The third-order valence-electron chi connectivity index (χ3n) is 2.05. The van der Waals surface area contributed by atoms with E-state index in [1.54, 1.807) is 0 Å². The second kappa shape index (κ2) is 2.67. The summed E-state index contributed by atoms with van der Waals surface area (Å²) in [6.45, 7) is 7.75. The van der Waals surface area contributed by atoms with E-state index in [1.807, 2.05) is 0 Å². The molecule has 2 nitrogen and oxygen atoms in total. The Labute approximate surface area is 57.0 Å². The molecule has 1 fully saturated rings. The molecule has 1 heterocycles. The average molecular weight is 128 g/mol. The van der Waals surface area contributed by atoms with Gasteiger partial charge in [0.25, 0.3) is 0 Å². The molecule has 0 aliphatic carbocycles. The molecule has 0 spiro atoms. The summed E-state index contributed by atoms with van der Waals surface area (Å²) in [6, 6.07) is 0.716. The van der Waals surface area contributed by atoms with Gasteiger partial charge in [0.2, 0.25) is 0 Å². The molecule has 54 valence electrons. The third-order valence-corrected chi connectivity index (χ3v) is 2.05. The first-order valence-electron chi connectivity index (χ1n) is 3.68. The normalized spacial score (nSPS) is 22.7. The first kappa shape index (κ1) is 7.03. The topological polar surface area (TPSA) is 29.3 Å². The standard InChI is InChI=1S/C7H16N2/c1-6(2)9-4-7(3-8)5-9/h6-7H,3-5,8H2,1-2H3. The van der Waals surface area contributed by atoms with E-state index >= 15 is 0 Å². The van der Waals surface area contributed by atoms with Crippen LogP contribution in [0.25, 0.3) is 0 Å². The molecule has 0 bridgehead atoms. The Hall–Kier alpha value is -0.0800. The minimum atomic E-state index is 0.716. The summed E-state index contributed by atoms with van der Waals surface area (Å²) in [7, 11) is 0. The van der Waals surface area contributed by atoms with Gasteiger partial charge in [-0.15, -0.1) is 0 Å². The third kappa shape index (κ3) is 1.43. The predicted molar refractivity (Wildman–Crippen MR) is 39.3 cm³/mol. The number of likely N-dealkylation sites (tertiary alicyclic amines) is 1. The fraction of sp³-hybridized carbons (Fsp3) is 1.00. The van der Waals surface area contributed by atoms with Gasteiger partial charge in [0, 0.05) is 19.1 Å². The number of hydrogen-bond donors (Lipinski definition) is 1. The van der Waals surface area contributed by atoms with Crippen LogP contribution in [0.15, 0.2) is 0 Å². The van der Waals surface area contributed by atoms with Crippen molar-refractivity contribution in [3.8, 4) is 0 Å². The van der Waals surface area contributed by atoms with Crippen LogP contribution in [0.2, 0.25) is 0 Å². The van der Waals surface area contributed by atoms with E-state index in [1.165, 1.54) is 13.1 Å². The van der Waals surface area contributed by atoms with E-state index in [0.29, 0.717) is 6.04 Å². The van der Waals surface area contributed by atoms with Gasteiger partial charge in [-0.25, -0.2) is 0 Å². The maximum Gasteiger partial charge on any atom is 0.00388 e. The van der Waals surface area contributed by atoms with Crippen LogP contribution in [-0.4, -0.2) is 30.6 Å². The van der Waals surface area contributed by atoms with Gasteiger partial charge < -0.3 is 10.6 Å². The van der Waals surface area contributed by atoms with Gasteiger partial charge in [-0.3, -0.25) is 0 Å². The number of hydrogen-bond acceptors (Lipinski definition) is 2. The molecule has 2 N–H and O–H groups in total. The zero-order valence-electron chi connectivity index (χ0n) is 6.30. The van der Waals surface area contributed by atoms with Gasteiger partial charge in [-0.05, 0) is 26.3 Å². The van der Waals surface area contributed by atoms with E-state index in [4.69, 9.17) is 5.73 Å². The highest BCUT2D eigenvalue weighted by Gasteiger charge is 2.26. The average Bonchev–Trinajstić information content (AvgIpc) is 1.61. The second-order valence-corrected chi connectivity index (χ2v) is 3.15. The highest BCUT2D eigenvalue weighted by atomic mass is 15.2. The summed E-state index contributed by atoms with van der Waals surface area (Å²) in [5.41, 5.74) is 5.47. The second-order valence-electron chi connectivity index (χ2n) is 3.15. The van der Waals surface area contributed by atoms with Crippen LogP contribution in [0.5, 0.6) is 0 Å². The van der Waals surface area contributed by atoms with Gasteiger partial charge >= 0.3 is 0 Å². The number of nitrogens with zero attached hydrogens (tertiary/aromatic N) is 1. The number of nitrogens with two attached hydrogens (primary N) is 1. The molecule has 0 unspecified atom stereocenters. The molecule has 0 aromatic carbocycles. The van der Waals surface area contributed by atoms with Crippen molar-refractivity contribution in [2.45, 2.75) is 19.9 Å². The monoisotopic (exact) mass is 128 g/mol. The maximum atomic E-state index is 5.47. The van der Waals surface area contributed by atoms with Gasteiger partial charge in [0.15, 0.2) is 0 Å². The Morgan fingerprint density at radius 1 is 1.56 bits per heavy atom. The highest BCUT2D eigenvalue weighted by Crippen LogP contribution is 2.16. The lowest BCUT2D eigenvalue weighted by molar-refractivity contribution is 0.0729. The number of rotatable bonds is 2. The van der Waals surface area contributed by atoms with Crippen LogP contribution in [0.4, 0.5) is 0 Å². The van der Waals surface area contributed by atoms with Crippen LogP contribution in [0, 0.1) is 5.92 Å². The Morgan fingerprint density at radius 2 is 2.11 bits per heavy atom. The first-order chi connectivity index (χ1) is 4.24. The Balaban J connectivity index is 2.12. The summed E-state index contributed by atoms with van der Waals surface area (Å²) >= 11 is 0. The molecule has 0 aromatic rings. The molecule has 9 heavy (non-hydrogen) atoms. The summed E-state index contributed by atoms with van der Waals surface area (Å²) in [6.07, 6.45) is 0. The molecule has 2 heteroatoms. The molecule has 0 aromatic heterocycles. The fourth-order valence-electron chi connectivity index (χ4n) is 1.18. The van der Waals surface area contributed by atoms with E-state index in [-0.39, 0.29) is 0 Å². The lowest BCUT2D eigenvalue weighted by Gasteiger charge is -2.41. The van der Waals surface area contributed by atoms with E-state index in [0.717, 1.165) is 12.5 Å². The molecule has 0 amide bonds. The zero-order valence-corrected chi connectivity index (χ0v) is 6.30. The van der Waals surface area contributed by atoms with Crippen LogP contribution >= 0.6 is 0 Å². The van der Waals surface area contributed by atoms with E-state index in [9.17, 15) is 0 Å². The summed E-state index contributed by atoms with van der Waals surface area (Å²) in [4.78, 5) is 2.44. The minimum absolute atomic E-state index is 0.716. The quantitative estimate of drug-likeness (QED) is 0.579. The summed E-state index contributed by atoms with van der Waals surface area (Å²) in [5, 5.41) is 0. The molecule has 1 aliphatic rings. The van der Waals surface area contributed by atoms with Crippen molar-refractivity contribution in [1.29, 1.82) is 0 Å². The zero-order chi connectivity index (χ0) is 6.85. The minimum Gasteiger partial charge on any atom is -0.330 e. The van der Waals surface area contributed by atoms with Crippen molar-refractivity contribution >= 4 is 0 Å². The Bertz CT molecular complexity index is 84.9. The molecule has 1 saturated heterocycles. The molecule has 0 saturated carbocycles. The first-order valence-corrected chi connectivity index (χ1v) is 3.68. The van der Waals surface area contributed by atoms with Crippen molar-refractivity contribution in [3.63, 3.8) is 0 Å². The Kier molecular flexibility index (Phi) is 2.09. The van der Waals surface area contributed by atoms with Crippen molar-refractivity contribution in [3.05, 3.63) is 0 Å². The van der Waals surface area contributed by atoms with E-state index in [2.05, 4.69) is 18.7 Å². The van der Waals surface area contributed by atoms with Crippen molar-refractivity contribution < 1.29 is 0 Å². The Morgan fingerprint density at radius 3 is 2.44 bits per heavy atom. The highest BCUT2D eigenvalue weighted by molar-refractivity contribution is 4.81. The summed E-state index contributed by atoms with van der Waals surface area (Å²) in [5.74, 6) is 0.785. The molecule has 1 rings (SSSR count). The van der Waals surface area contributed by atoms with Gasteiger partial charge in [0.1, 0.15) is 0 Å². The van der Waals surface area contributed by atoms with Gasteiger partial charge in [-0.2, -0.15) is 0 Å². The van der Waals surface area contributed by atoms with Crippen LogP contribution < -0.4 is 5.73 Å². The van der Waals surface area contributed by atoms with Crippen LogP contribution in [0.1, 0.15) is 13.8 Å². The predicted octanol–water partition coefficient (Wildman–Crippen LogP) is 0.285.